The number of nitrogens with one attached hydrogen (secondary N) is 1. The molecule has 0 aromatic rings. The van der Waals surface area contributed by atoms with Crippen molar-refractivity contribution in [1.29, 1.82) is 0 Å². The van der Waals surface area contributed by atoms with Crippen molar-refractivity contribution in [2.45, 2.75) is 26.3 Å². The highest BCUT2D eigenvalue weighted by Crippen LogP contribution is 2.26. The molecule has 2 aliphatic heterocycles. The quantitative estimate of drug-likeness (QED) is 0.820. The first-order valence-electron chi connectivity index (χ1n) is 7.29. The monoisotopic (exact) mass is 291 g/mol. The second-order valence-electron chi connectivity index (χ2n) is 6.35. The van der Waals surface area contributed by atoms with E-state index in [1.807, 2.05) is 0 Å². The third-order valence-corrected chi connectivity index (χ3v) is 4.49. The molecule has 2 heterocycles. The Balaban J connectivity index is 0.00000180. The highest BCUT2D eigenvalue weighted by atomic mass is 35.5. The summed E-state index contributed by atoms with van der Waals surface area (Å²) < 4.78 is 5.18. The highest BCUT2D eigenvalue weighted by Gasteiger charge is 2.33. The van der Waals surface area contributed by atoms with E-state index in [0.29, 0.717) is 11.5 Å². The summed E-state index contributed by atoms with van der Waals surface area (Å²) in [6, 6.07) is 0.659. The fourth-order valence-electron chi connectivity index (χ4n) is 3.30. The minimum absolute atomic E-state index is 0. The van der Waals surface area contributed by atoms with Gasteiger partial charge < -0.3 is 10.1 Å². The number of hydrogen-bond acceptors (Lipinski definition) is 4. The molecule has 0 saturated carbocycles. The van der Waals surface area contributed by atoms with Crippen LogP contribution in [0.4, 0.5) is 0 Å². The number of ether oxygens (including phenoxy) is 1. The molecule has 114 valence electrons. The van der Waals surface area contributed by atoms with Crippen LogP contribution in [0.2, 0.25) is 0 Å². The van der Waals surface area contributed by atoms with Crippen LogP contribution in [-0.2, 0) is 4.74 Å². The lowest BCUT2D eigenvalue weighted by Gasteiger charge is -2.42. The summed E-state index contributed by atoms with van der Waals surface area (Å²) in [7, 11) is 1.79. The van der Waals surface area contributed by atoms with Crippen molar-refractivity contribution < 1.29 is 4.74 Å². The topological polar surface area (TPSA) is 27.7 Å². The third-order valence-electron chi connectivity index (χ3n) is 4.49. The molecule has 2 aliphatic rings. The van der Waals surface area contributed by atoms with E-state index in [0.717, 1.165) is 13.2 Å². The minimum atomic E-state index is 0. The minimum Gasteiger partial charge on any atom is -0.383 e. The van der Waals surface area contributed by atoms with Gasteiger partial charge >= 0.3 is 0 Å². The van der Waals surface area contributed by atoms with E-state index in [4.69, 9.17) is 4.74 Å². The lowest BCUT2D eigenvalue weighted by Crippen LogP contribution is -2.54. The lowest BCUT2D eigenvalue weighted by atomic mass is 9.89. The summed E-state index contributed by atoms with van der Waals surface area (Å²) in [6.07, 6.45) is 1.32. The van der Waals surface area contributed by atoms with Crippen LogP contribution >= 0.6 is 12.4 Å². The molecule has 2 saturated heterocycles. The van der Waals surface area contributed by atoms with Crippen LogP contribution in [0.5, 0.6) is 0 Å². The maximum Gasteiger partial charge on any atom is 0.0589 e. The van der Waals surface area contributed by atoms with E-state index in [2.05, 4.69) is 29.0 Å². The predicted molar refractivity (Wildman–Crippen MR) is 82.2 cm³/mol. The molecule has 19 heavy (non-hydrogen) atoms. The summed E-state index contributed by atoms with van der Waals surface area (Å²) in [5, 5.41) is 3.50. The van der Waals surface area contributed by atoms with Crippen LogP contribution in [0.15, 0.2) is 0 Å². The summed E-state index contributed by atoms with van der Waals surface area (Å²) in [5.41, 5.74) is 0.494. The van der Waals surface area contributed by atoms with Gasteiger partial charge in [-0.2, -0.15) is 0 Å². The van der Waals surface area contributed by atoms with Gasteiger partial charge in [0.25, 0.3) is 0 Å². The van der Waals surface area contributed by atoms with Gasteiger partial charge in [-0.05, 0) is 25.3 Å². The van der Waals surface area contributed by atoms with Gasteiger partial charge in [0.1, 0.15) is 0 Å². The molecule has 5 heteroatoms. The zero-order valence-electron chi connectivity index (χ0n) is 12.7. The Kier molecular flexibility index (Phi) is 7.05. The Bertz CT molecular complexity index is 259. The molecule has 0 amide bonds. The maximum atomic E-state index is 5.18. The Labute approximate surface area is 124 Å². The number of rotatable bonds is 5. The number of hydrogen-bond donors (Lipinski definition) is 1. The first kappa shape index (κ1) is 17.2. The summed E-state index contributed by atoms with van der Waals surface area (Å²) in [6.45, 7) is 13.9. The summed E-state index contributed by atoms with van der Waals surface area (Å²) in [4.78, 5) is 5.20. The fourth-order valence-corrected chi connectivity index (χ4v) is 3.30. The van der Waals surface area contributed by atoms with E-state index in [1.165, 1.54) is 45.7 Å². The average molecular weight is 292 g/mol. The van der Waals surface area contributed by atoms with Crippen molar-refractivity contribution >= 4 is 12.4 Å². The molecule has 2 atom stereocenters. The normalized spacial score (nSPS) is 33.3. The number of piperazine rings is 1. The number of nitrogens with zero attached hydrogens (tertiary/aromatic N) is 2. The van der Waals surface area contributed by atoms with Crippen molar-refractivity contribution in [3.63, 3.8) is 0 Å². The largest absolute Gasteiger partial charge is 0.383 e. The average Bonchev–Trinajstić information content (AvgIpc) is 2.75. The fraction of sp³-hybridized carbons (Fsp3) is 1.00. The van der Waals surface area contributed by atoms with Gasteiger partial charge in [-0.3, -0.25) is 9.80 Å². The van der Waals surface area contributed by atoms with Gasteiger partial charge in [0.15, 0.2) is 0 Å². The number of halogens is 1. The third kappa shape index (κ3) is 4.87. The SMILES string of the molecule is COCCN1CCN(CC2(C)CCNC2)CC1C.Cl. The molecule has 1 N–H and O–H groups in total. The van der Waals surface area contributed by atoms with E-state index in [9.17, 15) is 0 Å². The first-order chi connectivity index (χ1) is 8.63. The highest BCUT2D eigenvalue weighted by molar-refractivity contribution is 5.85. The molecule has 0 aromatic heterocycles. The maximum absolute atomic E-state index is 5.18. The van der Waals surface area contributed by atoms with Gasteiger partial charge in [-0.15, -0.1) is 12.4 Å². The molecule has 0 aromatic carbocycles. The van der Waals surface area contributed by atoms with Gasteiger partial charge in [-0.1, -0.05) is 6.92 Å². The Morgan fingerprint density at radius 2 is 2.16 bits per heavy atom. The predicted octanol–water partition coefficient (Wildman–Crippen LogP) is 1.06. The van der Waals surface area contributed by atoms with Crippen LogP contribution in [0, 0.1) is 5.41 Å². The smallest absolute Gasteiger partial charge is 0.0589 e. The van der Waals surface area contributed by atoms with Crippen molar-refractivity contribution in [2.24, 2.45) is 5.41 Å². The standard InChI is InChI=1S/C14H29N3O.ClH/c1-13-10-16(6-7-17(13)8-9-18-3)12-14(2)4-5-15-11-14;/h13,15H,4-12H2,1-3H3;1H. The molecule has 4 nitrogen and oxygen atoms in total. The van der Waals surface area contributed by atoms with E-state index >= 15 is 0 Å². The van der Waals surface area contributed by atoms with Crippen LogP contribution in [0.25, 0.3) is 0 Å². The molecule has 0 spiro atoms. The van der Waals surface area contributed by atoms with E-state index in [-0.39, 0.29) is 12.4 Å². The Hall–Kier alpha value is 0.130. The zero-order chi connectivity index (χ0) is 13.0. The van der Waals surface area contributed by atoms with Crippen LogP contribution in [-0.4, -0.2) is 75.4 Å². The van der Waals surface area contributed by atoms with E-state index in [1.54, 1.807) is 7.11 Å². The van der Waals surface area contributed by atoms with Crippen molar-refractivity contribution in [3.05, 3.63) is 0 Å². The van der Waals surface area contributed by atoms with Gasteiger partial charge in [0.2, 0.25) is 0 Å². The second kappa shape index (κ2) is 7.79. The molecular formula is C14H30ClN3O. The van der Waals surface area contributed by atoms with Crippen molar-refractivity contribution in [2.75, 3.05) is 59.5 Å². The molecular weight excluding hydrogens is 262 g/mol. The second-order valence-corrected chi connectivity index (χ2v) is 6.35. The van der Waals surface area contributed by atoms with Crippen LogP contribution in [0.1, 0.15) is 20.3 Å². The Morgan fingerprint density at radius 1 is 1.37 bits per heavy atom. The lowest BCUT2D eigenvalue weighted by molar-refractivity contribution is 0.0423. The molecule has 0 aliphatic carbocycles. The van der Waals surface area contributed by atoms with Gasteiger partial charge in [0.05, 0.1) is 6.61 Å². The molecule has 0 bridgehead atoms. The zero-order valence-corrected chi connectivity index (χ0v) is 13.5. The Morgan fingerprint density at radius 3 is 2.74 bits per heavy atom. The number of methoxy groups -OCH3 is 1. The molecule has 2 unspecified atom stereocenters. The first-order valence-corrected chi connectivity index (χ1v) is 7.29. The molecule has 2 rings (SSSR count). The summed E-state index contributed by atoms with van der Waals surface area (Å²) in [5.74, 6) is 0. The van der Waals surface area contributed by atoms with Crippen molar-refractivity contribution in [1.82, 2.24) is 15.1 Å². The molecule has 2 fully saturated rings. The van der Waals surface area contributed by atoms with Gasteiger partial charge in [0, 0.05) is 52.4 Å². The molecule has 0 radical (unpaired) electrons. The van der Waals surface area contributed by atoms with E-state index < -0.39 is 0 Å². The van der Waals surface area contributed by atoms with Crippen LogP contribution < -0.4 is 5.32 Å². The van der Waals surface area contributed by atoms with Gasteiger partial charge in [-0.25, -0.2) is 0 Å². The van der Waals surface area contributed by atoms with Crippen molar-refractivity contribution in [3.8, 4) is 0 Å². The summed E-state index contributed by atoms with van der Waals surface area (Å²) >= 11 is 0. The van der Waals surface area contributed by atoms with Crippen LogP contribution in [0.3, 0.4) is 0 Å².